The maximum absolute atomic E-state index is 13.0. The molecule has 7 heteroatoms. The molecule has 0 bridgehead atoms. The molecule has 0 aromatic carbocycles. The van der Waals surface area contributed by atoms with E-state index < -0.39 is 0 Å². The fraction of sp³-hybridized carbons (Fsp3) is 0.898. The third-order valence-electron chi connectivity index (χ3n) is 18.0. The average Bonchev–Trinajstić information content (AvgIpc) is 3.87. The molecule has 1 aliphatic heterocycles. The predicted molar refractivity (Wildman–Crippen MR) is 273 cm³/mol. The Morgan fingerprint density at radius 3 is 2.20 bits per heavy atom. The largest absolute Gasteiger partial charge is 0.463 e. The number of nitrogens with zero attached hydrogens (tertiary/aromatic N) is 1. The lowest BCUT2D eigenvalue weighted by Gasteiger charge is -2.58. The minimum atomic E-state index is -0.364. The van der Waals surface area contributed by atoms with Gasteiger partial charge in [-0.1, -0.05) is 142 Å². The second-order valence-corrected chi connectivity index (χ2v) is 23.4. The van der Waals surface area contributed by atoms with Gasteiger partial charge in [-0.05, 0) is 150 Å². The molecule has 3 saturated carbocycles. The van der Waals surface area contributed by atoms with Crippen molar-refractivity contribution in [1.29, 1.82) is 0 Å². The standard InChI is InChI=1S/C59H103NO6/c1-8-9-10-11-12-13-14-15-16-17-18-19-20-21-22-23-40-63-45-51(44-60-39-25-28-48(60)5)64-41-42-65-56(61)33-34-57(62)66-50-35-37-58(6)49(43-50)29-30-52-54-32-31-53(47(4)27-24-26-46(2)3)59(54,7)38-36-55(52)58/h15-16,29,46-48,50-55H,8-14,17-28,30-45H2,1-7H3/b16-15-/t47-,48+,50+,51-,52?,53-,54?,55?,58+,59-/m1/s1. The summed E-state index contributed by atoms with van der Waals surface area (Å²) in [5, 5.41) is 0. The third kappa shape index (κ3) is 17.3. The lowest BCUT2D eigenvalue weighted by molar-refractivity contribution is -0.156. The van der Waals surface area contributed by atoms with Gasteiger partial charge in [0.25, 0.3) is 0 Å². The first-order valence-corrected chi connectivity index (χ1v) is 28.6. The van der Waals surface area contributed by atoms with Crippen LogP contribution in [0.5, 0.6) is 0 Å². The van der Waals surface area contributed by atoms with E-state index in [9.17, 15) is 9.59 Å². The maximum Gasteiger partial charge on any atom is 0.306 e. The van der Waals surface area contributed by atoms with Gasteiger partial charge < -0.3 is 18.9 Å². The third-order valence-corrected chi connectivity index (χ3v) is 18.0. The molecule has 4 fully saturated rings. The van der Waals surface area contributed by atoms with Crippen molar-refractivity contribution in [3.8, 4) is 0 Å². The molecule has 0 radical (unpaired) electrons. The van der Waals surface area contributed by atoms with Gasteiger partial charge in [-0.2, -0.15) is 0 Å². The van der Waals surface area contributed by atoms with Crippen molar-refractivity contribution in [3.63, 3.8) is 0 Å². The van der Waals surface area contributed by atoms with E-state index in [2.05, 4.69) is 71.6 Å². The van der Waals surface area contributed by atoms with E-state index in [-0.39, 0.29) is 49.0 Å². The van der Waals surface area contributed by atoms with Crippen LogP contribution in [0.15, 0.2) is 23.8 Å². The first-order chi connectivity index (χ1) is 31.9. The highest BCUT2D eigenvalue weighted by molar-refractivity contribution is 5.77. The lowest BCUT2D eigenvalue weighted by atomic mass is 9.47. The van der Waals surface area contributed by atoms with E-state index in [4.69, 9.17) is 18.9 Å². The van der Waals surface area contributed by atoms with Crippen molar-refractivity contribution < 1.29 is 28.5 Å². The molecule has 66 heavy (non-hydrogen) atoms. The van der Waals surface area contributed by atoms with Crippen LogP contribution < -0.4 is 0 Å². The van der Waals surface area contributed by atoms with Gasteiger partial charge in [-0.25, -0.2) is 0 Å². The summed E-state index contributed by atoms with van der Waals surface area (Å²) in [6.45, 7) is 20.9. The number of ether oxygens (including phenoxy) is 4. The van der Waals surface area contributed by atoms with Gasteiger partial charge >= 0.3 is 11.9 Å². The molecule has 380 valence electrons. The topological polar surface area (TPSA) is 74.3 Å². The van der Waals surface area contributed by atoms with Crippen molar-refractivity contribution in [3.05, 3.63) is 23.8 Å². The average molecular weight is 922 g/mol. The second-order valence-electron chi connectivity index (χ2n) is 23.4. The molecule has 10 atom stereocenters. The van der Waals surface area contributed by atoms with Crippen LogP contribution in [-0.2, 0) is 28.5 Å². The summed E-state index contributed by atoms with van der Waals surface area (Å²) >= 11 is 0. The Labute approximate surface area is 406 Å². The Kier molecular flexibility index (Phi) is 24.7. The number of hydrogen-bond donors (Lipinski definition) is 0. The molecule has 3 unspecified atom stereocenters. The summed E-state index contributed by atoms with van der Waals surface area (Å²) in [4.78, 5) is 28.3. The molecule has 0 amide bonds. The summed E-state index contributed by atoms with van der Waals surface area (Å²) in [6, 6.07) is 0.557. The second kappa shape index (κ2) is 29.5. The number of rotatable bonds is 33. The molecule has 0 spiro atoms. The number of carbonyl (C=O) groups is 2. The number of allylic oxidation sites excluding steroid dienone is 3. The minimum absolute atomic E-state index is 0.0431. The first-order valence-electron chi connectivity index (χ1n) is 28.6. The highest BCUT2D eigenvalue weighted by Gasteiger charge is 2.59. The van der Waals surface area contributed by atoms with E-state index in [1.165, 1.54) is 153 Å². The van der Waals surface area contributed by atoms with Gasteiger partial charge in [0, 0.05) is 25.6 Å². The zero-order valence-corrected chi connectivity index (χ0v) is 44.1. The number of fused-ring (bicyclic) bond motifs is 5. The Morgan fingerprint density at radius 2 is 1.48 bits per heavy atom. The van der Waals surface area contributed by atoms with Crippen LogP contribution >= 0.6 is 0 Å². The smallest absolute Gasteiger partial charge is 0.306 e. The van der Waals surface area contributed by atoms with E-state index >= 15 is 0 Å². The van der Waals surface area contributed by atoms with Crippen LogP contribution in [-0.4, -0.2) is 74.6 Å². The van der Waals surface area contributed by atoms with Gasteiger partial charge in [0.05, 0.1) is 32.2 Å². The van der Waals surface area contributed by atoms with E-state index in [1.54, 1.807) is 0 Å². The molecule has 1 saturated heterocycles. The van der Waals surface area contributed by atoms with E-state index in [1.807, 2.05) is 0 Å². The van der Waals surface area contributed by atoms with Gasteiger partial charge in [0.15, 0.2) is 0 Å². The molecular formula is C59H103NO6. The number of esters is 2. The zero-order valence-electron chi connectivity index (χ0n) is 44.1. The monoisotopic (exact) mass is 922 g/mol. The van der Waals surface area contributed by atoms with Crippen LogP contribution in [0, 0.1) is 46.3 Å². The summed E-state index contributed by atoms with van der Waals surface area (Å²) in [5.41, 5.74) is 2.25. The first kappa shape index (κ1) is 55.2. The minimum Gasteiger partial charge on any atom is -0.463 e. The van der Waals surface area contributed by atoms with Crippen LogP contribution in [0.3, 0.4) is 0 Å². The zero-order chi connectivity index (χ0) is 47.2. The summed E-state index contributed by atoms with van der Waals surface area (Å²) in [6.07, 6.45) is 41.8. The van der Waals surface area contributed by atoms with Crippen LogP contribution in [0.4, 0.5) is 0 Å². The fourth-order valence-electron chi connectivity index (χ4n) is 14.0. The van der Waals surface area contributed by atoms with Crippen LogP contribution in [0.25, 0.3) is 0 Å². The van der Waals surface area contributed by atoms with E-state index in [0.717, 1.165) is 80.9 Å². The molecule has 5 rings (SSSR count). The molecular weight excluding hydrogens is 819 g/mol. The van der Waals surface area contributed by atoms with Crippen LogP contribution in [0.1, 0.15) is 235 Å². The van der Waals surface area contributed by atoms with Crippen molar-refractivity contribution >= 4 is 11.9 Å². The Bertz CT molecular complexity index is 1440. The number of likely N-dealkylation sites (tertiary alicyclic amines) is 1. The SMILES string of the molecule is CCCCCCCC/C=C\CCCCCCCCOC[C@@H](CN1CCC[C@@H]1C)OCCOC(=O)CCC(=O)O[C@H]1CC[C@@]2(C)C(=CCC3C2CC[C@@]2(C)C3CC[C@@H]2[C@H](C)CCCC(C)C)C1. The van der Waals surface area contributed by atoms with Crippen molar-refractivity contribution in [2.75, 3.05) is 39.5 Å². The number of unbranched alkanes of at least 4 members (excludes halogenated alkanes) is 12. The molecule has 7 nitrogen and oxygen atoms in total. The maximum atomic E-state index is 13.0. The Morgan fingerprint density at radius 1 is 0.773 bits per heavy atom. The molecule has 0 N–H and O–H groups in total. The van der Waals surface area contributed by atoms with Crippen molar-refractivity contribution in [1.82, 2.24) is 4.90 Å². The fourth-order valence-corrected chi connectivity index (χ4v) is 14.0. The highest BCUT2D eigenvalue weighted by Crippen LogP contribution is 2.67. The quantitative estimate of drug-likeness (QED) is 0.0369. The summed E-state index contributed by atoms with van der Waals surface area (Å²) in [7, 11) is 0. The lowest BCUT2D eigenvalue weighted by Crippen LogP contribution is -2.51. The summed E-state index contributed by atoms with van der Waals surface area (Å²) < 4.78 is 24.0. The molecule has 1 heterocycles. The molecule has 5 aliphatic rings. The molecule has 0 aromatic heterocycles. The summed E-state index contributed by atoms with van der Waals surface area (Å²) in [5.74, 6) is 4.27. The number of hydrogen-bond acceptors (Lipinski definition) is 7. The van der Waals surface area contributed by atoms with Gasteiger partial charge in [-0.3, -0.25) is 14.5 Å². The van der Waals surface area contributed by atoms with Crippen molar-refractivity contribution in [2.24, 2.45) is 46.3 Å². The van der Waals surface area contributed by atoms with E-state index in [0.29, 0.717) is 24.7 Å². The predicted octanol–water partition coefficient (Wildman–Crippen LogP) is 15.2. The Balaban J connectivity index is 0.922. The molecule has 4 aliphatic carbocycles. The highest BCUT2D eigenvalue weighted by atomic mass is 16.6. The molecule has 0 aromatic rings. The van der Waals surface area contributed by atoms with Crippen LogP contribution in [0.2, 0.25) is 0 Å². The van der Waals surface area contributed by atoms with Gasteiger partial charge in [0.2, 0.25) is 0 Å². The van der Waals surface area contributed by atoms with Crippen molar-refractivity contribution in [2.45, 2.75) is 253 Å². The van der Waals surface area contributed by atoms with Gasteiger partial charge in [0.1, 0.15) is 12.7 Å². The Hall–Kier alpha value is -1.70. The number of carbonyl (C=O) groups excluding carboxylic acids is 2. The van der Waals surface area contributed by atoms with Gasteiger partial charge in [-0.15, -0.1) is 0 Å². The normalized spacial score (nSPS) is 29.7.